The second kappa shape index (κ2) is 5.97. The fourth-order valence-electron chi connectivity index (χ4n) is 2.11. The third-order valence-electron chi connectivity index (χ3n) is 2.95. The van der Waals surface area contributed by atoms with Crippen molar-refractivity contribution >= 4 is 11.9 Å². The predicted octanol–water partition coefficient (Wildman–Crippen LogP) is -0.722. The number of amides is 1. The molecule has 0 aromatic heterocycles. The highest BCUT2D eigenvalue weighted by molar-refractivity contribution is 5.82. The van der Waals surface area contributed by atoms with Crippen LogP contribution in [0.1, 0.15) is 19.8 Å². The first-order valence-electron chi connectivity index (χ1n) is 5.75. The Kier molecular flexibility index (Phi) is 4.89. The number of hydrogen-bond acceptors (Lipinski definition) is 4. The van der Waals surface area contributed by atoms with Crippen LogP contribution >= 0.6 is 0 Å². The molecular weight excluding hydrogens is 224 g/mol. The minimum absolute atomic E-state index is 0.195. The molecule has 1 rings (SSSR count). The van der Waals surface area contributed by atoms with E-state index in [-0.39, 0.29) is 18.6 Å². The maximum absolute atomic E-state index is 10.9. The van der Waals surface area contributed by atoms with E-state index in [1.54, 1.807) is 0 Å². The van der Waals surface area contributed by atoms with Crippen molar-refractivity contribution in [2.75, 3.05) is 20.1 Å². The van der Waals surface area contributed by atoms with E-state index in [0.717, 1.165) is 19.4 Å². The van der Waals surface area contributed by atoms with Gasteiger partial charge in [0, 0.05) is 20.0 Å². The molecule has 1 atom stereocenters. The third-order valence-corrected chi connectivity index (χ3v) is 2.95. The van der Waals surface area contributed by atoms with Gasteiger partial charge in [-0.1, -0.05) is 0 Å². The van der Waals surface area contributed by atoms with E-state index in [1.807, 2.05) is 11.9 Å². The van der Waals surface area contributed by atoms with Crippen LogP contribution in [0, 0.1) is 5.92 Å². The first-order valence-corrected chi connectivity index (χ1v) is 5.75. The van der Waals surface area contributed by atoms with Crippen LogP contribution in [0.4, 0.5) is 0 Å². The molecule has 0 aromatic rings. The number of carbonyl (C=O) groups is 2. The zero-order chi connectivity index (χ0) is 13.0. The molecular formula is C11H20N2O4. The minimum Gasteiger partial charge on any atom is -0.480 e. The summed E-state index contributed by atoms with van der Waals surface area (Å²) in [6.07, 6.45) is 1.36. The van der Waals surface area contributed by atoms with Gasteiger partial charge in [-0.3, -0.25) is 4.79 Å². The van der Waals surface area contributed by atoms with Crippen molar-refractivity contribution in [2.45, 2.75) is 31.9 Å². The van der Waals surface area contributed by atoms with Gasteiger partial charge < -0.3 is 20.4 Å². The van der Waals surface area contributed by atoms with Crippen LogP contribution in [0.15, 0.2) is 0 Å². The monoisotopic (exact) mass is 244 g/mol. The average Bonchev–Trinajstić information content (AvgIpc) is 2.13. The number of carbonyl (C=O) groups excluding carboxylic acids is 1. The molecule has 6 nitrogen and oxygen atoms in total. The molecule has 17 heavy (non-hydrogen) atoms. The number of aliphatic hydroxyl groups is 1. The number of nitrogens with zero attached hydrogens (tertiary/aromatic N) is 1. The van der Waals surface area contributed by atoms with E-state index < -0.39 is 12.0 Å². The van der Waals surface area contributed by atoms with Gasteiger partial charge in [-0.15, -0.1) is 0 Å². The molecule has 1 aliphatic rings. The first kappa shape index (κ1) is 13.9. The topological polar surface area (TPSA) is 89.9 Å². The van der Waals surface area contributed by atoms with E-state index in [0.29, 0.717) is 5.92 Å². The summed E-state index contributed by atoms with van der Waals surface area (Å²) in [5, 5.41) is 20.5. The number of hydrogen-bond donors (Lipinski definition) is 3. The molecule has 0 spiro atoms. The van der Waals surface area contributed by atoms with Crippen molar-refractivity contribution < 1.29 is 19.8 Å². The van der Waals surface area contributed by atoms with Gasteiger partial charge in [-0.25, -0.2) is 4.79 Å². The Labute approximate surface area is 101 Å². The number of aliphatic hydroxyl groups excluding tert-OH is 1. The number of carboxylic acid groups (broad SMARTS) is 1. The fourth-order valence-corrected chi connectivity index (χ4v) is 2.11. The summed E-state index contributed by atoms with van der Waals surface area (Å²) in [4.78, 5) is 23.6. The number of aliphatic carboxylic acids is 1. The fraction of sp³-hybridized carbons (Fsp3) is 0.818. The van der Waals surface area contributed by atoms with Crippen molar-refractivity contribution in [1.82, 2.24) is 10.2 Å². The number of carboxylic acids is 1. The van der Waals surface area contributed by atoms with Crippen LogP contribution < -0.4 is 5.32 Å². The zero-order valence-electron chi connectivity index (χ0n) is 10.2. The lowest BCUT2D eigenvalue weighted by Gasteiger charge is -2.35. The molecule has 6 heteroatoms. The summed E-state index contributed by atoms with van der Waals surface area (Å²) < 4.78 is 0. The van der Waals surface area contributed by atoms with Gasteiger partial charge >= 0.3 is 5.97 Å². The molecule has 0 bridgehead atoms. The lowest BCUT2D eigenvalue weighted by Crippen LogP contribution is -2.48. The molecule has 3 N–H and O–H groups in total. The Bertz CT molecular complexity index is 289. The summed E-state index contributed by atoms with van der Waals surface area (Å²) in [6.45, 7) is 2.33. The van der Waals surface area contributed by atoms with Crippen LogP contribution in [0.2, 0.25) is 0 Å². The maximum atomic E-state index is 10.9. The molecule has 1 aliphatic carbocycles. The van der Waals surface area contributed by atoms with Crippen molar-refractivity contribution in [3.05, 3.63) is 0 Å². The van der Waals surface area contributed by atoms with Crippen molar-refractivity contribution in [3.8, 4) is 0 Å². The quantitative estimate of drug-likeness (QED) is 0.573. The molecule has 0 aliphatic heterocycles. The number of likely N-dealkylation sites (N-methyl/N-ethyl adjacent to an activating group) is 1. The normalized spacial score (nSPS) is 25.2. The van der Waals surface area contributed by atoms with Gasteiger partial charge in [0.1, 0.15) is 6.04 Å². The third kappa shape index (κ3) is 4.70. The second-order valence-electron chi connectivity index (χ2n) is 4.80. The summed E-state index contributed by atoms with van der Waals surface area (Å²) in [5.74, 6) is -0.938. The van der Waals surface area contributed by atoms with Crippen molar-refractivity contribution in [3.63, 3.8) is 0 Å². The lowest BCUT2D eigenvalue weighted by atomic mass is 9.82. The summed E-state index contributed by atoms with van der Waals surface area (Å²) in [6, 6.07) is -0.873. The highest BCUT2D eigenvalue weighted by atomic mass is 16.4. The summed E-state index contributed by atoms with van der Waals surface area (Å²) >= 11 is 0. The Hall–Kier alpha value is -1.14. The second-order valence-corrected chi connectivity index (χ2v) is 4.80. The SMILES string of the molecule is CC(=O)NC(CN(C)CC1CC(O)C1)C(=O)O. The zero-order valence-corrected chi connectivity index (χ0v) is 10.2. The van der Waals surface area contributed by atoms with E-state index in [9.17, 15) is 9.59 Å². The van der Waals surface area contributed by atoms with E-state index >= 15 is 0 Å². The van der Waals surface area contributed by atoms with Gasteiger partial charge in [0.15, 0.2) is 0 Å². The van der Waals surface area contributed by atoms with Crippen LogP contribution in [-0.2, 0) is 9.59 Å². The maximum Gasteiger partial charge on any atom is 0.327 e. The Morgan fingerprint density at radius 3 is 2.47 bits per heavy atom. The first-order chi connectivity index (χ1) is 7.88. The largest absolute Gasteiger partial charge is 0.480 e. The Morgan fingerprint density at radius 1 is 1.47 bits per heavy atom. The minimum atomic E-state index is -1.03. The summed E-state index contributed by atoms with van der Waals surface area (Å²) in [5.41, 5.74) is 0. The number of rotatable bonds is 6. The van der Waals surface area contributed by atoms with Gasteiger partial charge in [0.05, 0.1) is 6.10 Å². The van der Waals surface area contributed by atoms with E-state index in [2.05, 4.69) is 5.32 Å². The van der Waals surface area contributed by atoms with Crippen LogP contribution in [0.5, 0.6) is 0 Å². The van der Waals surface area contributed by atoms with Gasteiger partial charge in [0.2, 0.25) is 5.91 Å². The Balaban J connectivity index is 2.33. The average molecular weight is 244 g/mol. The highest BCUT2D eigenvalue weighted by Crippen LogP contribution is 2.27. The molecule has 0 saturated heterocycles. The standard InChI is InChI=1S/C11H20N2O4/c1-7(14)12-10(11(16)17)6-13(2)5-8-3-9(15)4-8/h8-10,15H,3-6H2,1-2H3,(H,12,14)(H,16,17). The van der Waals surface area contributed by atoms with Crippen LogP contribution in [0.25, 0.3) is 0 Å². The highest BCUT2D eigenvalue weighted by Gasteiger charge is 2.29. The molecule has 0 radical (unpaired) electrons. The number of nitrogens with one attached hydrogen (secondary N) is 1. The molecule has 1 unspecified atom stereocenters. The van der Waals surface area contributed by atoms with Gasteiger partial charge in [-0.2, -0.15) is 0 Å². The van der Waals surface area contributed by atoms with Gasteiger partial charge in [0.25, 0.3) is 0 Å². The van der Waals surface area contributed by atoms with Crippen LogP contribution in [0.3, 0.4) is 0 Å². The Morgan fingerprint density at radius 2 is 2.06 bits per heavy atom. The molecule has 1 fully saturated rings. The summed E-state index contributed by atoms with van der Waals surface area (Å²) in [7, 11) is 1.82. The van der Waals surface area contributed by atoms with Crippen LogP contribution in [-0.4, -0.2) is 59.3 Å². The lowest BCUT2D eigenvalue weighted by molar-refractivity contribution is -0.142. The van der Waals surface area contributed by atoms with Gasteiger partial charge in [-0.05, 0) is 25.8 Å². The molecule has 1 amide bonds. The molecule has 98 valence electrons. The molecule has 0 aromatic carbocycles. The van der Waals surface area contributed by atoms with Crippen molar-refractivity contribution in [1.29, 1.82) is 0 Å². The predicted molar refractivity (Wildman–Crippen MR) is 61.5 cm³/mol. The van der Waals surface area contributed by atoms with E-state index in [1.165, 1.54) is 6.92 Å². The van der Waals surface area contributed by atoms with Crippen molar-refractivity contribution in [2.24, 2.45) is 5.92 Å². The van der Waals surface area contributed by atoms with E-state index in [4.69, 9.17) is 10.2 Å². The smallest absolute Gasteiger partial charge is 0.327 e. The molecule has 0 heterocycles. The molecule has 1 saturated carbocycles.